The Morgan fingerprint density at radius 1 is 1.22 bits per heavy atom. The van der Waals surface area contributed by atoms with Crippen molar-refractivity contribution in [2.24, 2.45) is 5.92 Å². The lowest BCUT2D eigenvalue weighted by atomic mass is 9.97. The zero-order valence-electron chi connectivity index (χ0n) is 18.1. The van der Waals surface area contributed by atoms with E-state index in [9.17, 15) is 4.79 Å². The number of thioether (sulfide) groups is 1. The van der Waals surface area contributed by atoms with Gasteiger partial charge >= 0.3 is 0 Å². The van der Waals surface area contributed by atoms with Crippen LogP contribution in [0.25, 0.3) is 11.4 Å². The molecule has 168 valence electrons. The molecule has 0 bridgehead atoms. The van der Waals surface area contributed by atoms with Crippen molar-refractivity contribution < 1.29 is 9.32 Å². The van der Waals surface area contributed by atoms with Crippen molar-refractivity contribution in [3.63, 3.8) is 0 Å². The van der Waals surface area contributed by atoms with Gasteiger partial charge in [-0.25, -0.2) is 0 Å². The Morgan fingerprint density at radius 2 is 2.00 bits per heavy atom. The predicted molar refractivity (Wildman–Crippen MR) is 128 cm³/mol. The zero-order valence-corrected chi connectivity index (χ0v) is 19.7. The second-order valence-corrected chi connectivity index (χ2v) is 9.65. The summed E-state index contributed by atoms with van der Waals surface area (Å²) in [6.07, 6.45) is 1.89. The van der Waals surface area contributed by atoms with Gasteiger partial charge in [-0.05, 0) is 50.6 Å². The van der Waals surface area contributed by atoms with Crippen molar-refractivity contribution >= 4 is 29.3 Å². The van der Waals surface area contributed by atoms with Crippen molar-refractivity contribution in [3.05, 3.63) is 65.0 Å². The molecule has 1 atom stereocenters. The largest absolute Gasteiger partial charge is 0.355 e. The molecule has 2 heterocycles. The van der Waals surface area contributed by atoms with Gasteiger partial charge in [-0.15, -0.1) is 11.8 Å². The van der Waals surface area contributed by atoms with Crippen LogP contribution in [-0.2, 0) is 11.3 Å². The zero-order chi connectivity index (χ0) is 22.3. The lowest BCUT2D eigenvalue weighted by Gasteiger charge is -2.30. The molecule has 8 heteroatoms. The molecule has 1 amide bonds. The molecule has 1 aliphatic heterocycles. The first kappa shape index (κ1) is 22.8. The van der Waals surface area contributed by atoms with Crippen molar-refractivity contribution in [1.82, 2.24) is 20.4 Å². The second-order valence-electron chi connectivity index (χ2n) is 8.05. The Labute approximate surface area is 197 Å². The summed E-state index contributed by atoms with van der Waals surface area (Å²) in [5.41, 5.74) is 2.14. The molecule has 1 saturated heterocycles. The van der Waals surface area contributed by atoms with E-state index >= 15 is 0 Å². The highest BCUT2D eigenvalue weighted by Gasteiger charge is 2.26. The van der Waals surface area contributed by atoms with Crippen LogP contribution in [0, 0.1) is 12.8 Å². The summed E-state index contributed by atoms with van der Waals surface area (Å²) in [6.45, 7) is 4.89. The van der Waals surface area contributed by atoms with Gasteiger partial charge in [0, 0.05) is 34.3 Å². The van der Waals surface area contributed by atoms with E-state index in [4.69, 9.17) is 16.1 Å². The highest BCUT2D eigenvalue weighted by molar-refractivity contribution is 7.99. The minimum Gasteiger partial charge on any atom is -0.355 e. The first-order valence-corrected chi connectivity index (χ1v) is 12.2. The number of rotatable bonds is 8. The number of piperidine rings is 1. The molecule has 1 aromatic heterocycles. The third-order valence-electron chi connectivity index (χ3n) is 5.50. The molecule has 0 spiro atoms. The Kier molecular flexibility index (Phi) is 7.84. The Bertz CT molecular complexity index is 1020. The molecule has 1 N–H and O–H groups in total. The number of hydrogen-bond acceptors (Lipinski definition) is 6. The molecule has 4 rings (SSSR count). The quantitative estimate of drug-likeness (QED) is 0.376. The van der Waals surface area contributed by atoms with E-state index in [1.807, 2.05) is 55.5 Å². The molecule has 1 unspecified atom stereocenters. The Balaban J connectivity index is 1.23. The maximum atomic E-state index is 12.7. The highest BCUT2D eigenvalue weighted by atomic mass is 35.5. The molecule has 1 aliphatic rings. The summed E-state index contributed by atoms with van der Waals surface area (Å²) in [4.78, 5) is 20.6. The lowest BCUT2D eigenvalue weighted by molar-refractivity contribution is -0.126. The topological polar surface area (TPSA) is 71.3 Å². The molecule has 0 saturated carbocycles. The van der Waals surface area contributed by atoms with Gasteiger partial charge in [-0.2, -0.15) is 4.98 Å². The fourth-order valence-electron chi connectivity index (χ4n) is 3.76. The number of aryl methyl sites for hydroxylation is 1. The van der Waals surface area contributed by atoms with Crippen LogP contribution in [0.5, 0.6) is 0 Å². The van der Waals surface area contributed by atoms with Crippen LogP contribution in [0.1, 0.15) is 24.3 Å². The average Bonchev–Trinajstić information content (AvgIpc) is 3.27. The van der Waals surface area contributed by atoms with E-state index in [-0.39, 0.29) is 11.8 Å². The standard InChI is InChI=1S/C24H27ClN4O2S/c1-17-4-6-18(7-5-17)23-27-22(31-28-23)16-29-13-2-3-19(15-29)24(30)26-12-14-32-21-10-8-20(25)9-11-21/h4-11,19H,2-3,12-16H2,1H3,(H,26,30). The molecule has 6 nitrogen and oxygen atoms in total. The number of halogens is 1. The second kappa shape index (κ2) is 11.0. The molecular formula is C24H27ClN4O2S. The van der Waals surface area contributed by atoms with Crippen LogP contribution in [0.15, 0.2) is 57.9 Å². The van der Waals surface area contributed by atoms with Crippen LogP contribution in [0.2, 0.25) is 5.02 Å². The van der Waals surface area contributed by atoms with Gasteiger partial charge in [0.05, 0.1) is 12.5 Å². The molecule has 32 heavy (non-hydrogen) atoms. The number of benzene rings is 2. The molecule has 2 aromatic carbocycles. The third-order valence-corrected chi connectivity index (χ3v) is 6.76. The summed E-state index contributed by atoms with van der Waals surface area (Å²) in [5, 5.41) is 7.93. The number of amides is 1. The van der Waals surface area contributed by atoms with Crippen molar-refractivity contribution in [1.29, 1.82) is 0 Å². The summed E-state index contributed by atoms with van der Waals surface area (Å²) < 4.78 is 5.46. The van der Waals surface area contributed by atoms with E-state index in [0.29, 0.717) is 31.3 Å². The molecule has 3 aromatic rings. The average molecular weight is 471 g/mol. The predicted octanol–water partition coefficient (Wildman–Crippen LogP) is 4.82. The first-order valence-electron chi connectivity index (χ1n) is 10.8. The number of carbonyl (C=O) groups is 1. The minimum absolute atomic E-state index is 0.0104. The normalized spacial score (nSPS) is 16.8. The van der Waals surface area contributed by atoms with Crippen molar-refractivity contribution in [2.45, 2.75) is 31.2 Å². The summed E-state index contributed by atoms with van der Waals surface area (Å²) in [6, 6.07) is 15.8. The number of nitrogens with zero attached hydrogens (tertiary/aromatic N) is 3. The van der Waals surface area contributed by atoms with Crippen LogP contribution < -0.4 is 5.32 Å². The Hall–Kier alpha value is -2.35. The smallest absolute Gasteiger partial charge is 0.241 e. The fourth-order valence-corrected chi connectivity index (χ4v) is 4.66. The van der Waals surface area contributed by atoms with Gasteiger partial charge in [-0.1, -0.05) is 46.6 Å². The molecular weight excluding hydrogens is 444 g/mol. The number of nitrogens with one attached hydrogen (secondary N) is 1. The first-order chi connectivity index (χ1) is 15.6. The number of carbonyl (C=O) groups excluding carboxylic acids is 1. The highest BCUT2D eigenvalue weighted by Crippen LogP contribution is 2.22. The van der Waals surface area contributed by atoms with Crippen LogP contribution in [0.3, 0.4) is 0 Å². The van der Waals surface area contributed by atoms with E-state index in [1.165, 1.54) is 5.56 Å². The molecule has 0 radical (unpaired) electrons. The van der Waals surface area contributed by atoms with E-state index in [1.54, 1.807) is 11.8 Å². The van der Waals surface area contributed by atoms with Crippen molar-refractivity contribution in [2.75, 3.05) is 25.4 Å². The van der Waals surface area contributed by atoms with Gasteiger partial charge in [0.2, 0.25) is 17.6 Å². The molecule has 1 fully saturated rings. The Morgan fingerprint density at radius 3 is 2.78 bits per heavy atom. The fraction of sp³-hybridized carbons (Fsp3) is 0.375. The maximum absolute atomic E-state index is 12.7. The van der Waals surface area contributed by atoms with Crippen LogP contribution in [0.4, 0.5) is 0 Å². The van der Waals surface area contributed by atoms with Gasteiger partial charge < -0.3 is 9.84 Å². The minimum atomic E-state index is -0.0104. The van der Waals surface area contributed by atoms with Gasteiger partial charge in [0.1, 0.15) is 0 Å². The lowest BCUT2D eigenvalue weighted by Crippen LogP contribution is -2.43. The van der Waals surface area contributed by atoms with Crippen molar-refractivity contribution in [3.8, 4) is 11.4 Å². The summed E-state index contributed by atoms with van der Waals surface area (Å²) in [5.74, 6) is 2.12. The summed E-state index contributed by atoms with van der Waals surface area (Å²) in [7, 11) is 0. The van der Waals surface area contributed by atoms with E-state index in [0.717, 1.165) is 40.6 Å². The van der Waals surface area contributed by atoms with Crippen LogP contribution >= 0.6 is 23.4 Å². The van der Waals surface area contributed by atoms with E-state index in [2.05, 4.69) is 20.4 Å². The number of aromatic nitrogens is 2. The number of likely N-dealkylation sites (tertiary alicyclic amines) is 1. The third kappa shape index (κ3) is 6.34. The van der Waals surface area contributed by atoms with Gasteiger partial charge in [0.25, 0.3) is 0 Å². The number of hydrogen-bond donors (Lipinski definition) is 1. The van der Waals surface area contributed by atoms with E-state index < -0.39 is 0 Å². The SMILES string of the molecule is Cc1ccc(-c2noc(CN3CCCC(C(=O)NCCSc4ccc(Cl)cc4)C3)n2)cc1. The summed E-state index contributed by atoms with van der Waals surface area (Å²) >= 11 is 7.62. The monoisotopic (exact) mass is 470 g/mol. The maximum Gasteiger partial charge on any atom is 0.241 e. The molecule has 0 aliphatic carbocycles. The van der Waals surface area contributed by atoms with Gasteiger partial charge in [-0.3, -0.25) is 9.69 Å². The van der Waals surface area contributed by atoms with Crippen LogP contribution in [-0.4, -0.2) is 46.3 Å². The van der Waals surface area contributed by atoms with Gasteiger partial charge in [0.15, 0.2) is 0 Å².